The molecule has 0 aliphatic rings. The van der Waals surface area contributed by atoms with Gasteiger partial charge in [0, 0.05) is 10.2 Å². The number of nitrogens with zero attached hydrogens (tertiary/aromatic N) is 5. The minimum atomic E-state index is -0.799. The molecular weight excluding hydrogens is 128 g/mol. The van der Waals surface area contributed by atoms with Gasteiger partial charge in [0.1, 0.15) is 0 Å². The lowest BCUT2D eigenvalue weighted by atomic mass is 11.4. The van der Waals surface area contributed by atoms with E-state index in [1.807, 2.05) is 0 Å². The molecule has 0 amide bonds. The van der Waals surface area contributed by atoms with E-state index >= 15 is 0 Å². The minimum absolute atomic E-state index is 0.653. The highest BCUT2D eigenvalue weighted by Gasteiger charge is 1.85. The molecule has 1 aromatic rings. The molecule has 0 unspecified atom stereocenters. The highest BCUT2D eigenvalue weighted by Crippen LogP contribution is 1.65. The molecule has 0 spiro atoms. The predicted molar refractivity (Wildman–Crippen MR) is 23.0 cm³/mol. The van der Waals surface area contributed by atoms with Crippen molar-refractivity contribution in [3.63, 3.8) is 0 Å². The van der Waals surface area contributed by atoms with Gasteiger partial charge in [0.25, 0.3) is 0 Å². The Labute approximate surface area is 48.6 Å². The summed E-state index contributed by atoms with van der Waals surface area (Å²) in [5.41, 5.74) is 1.63. The Kier molecular flexibility index (Phi) is 1.22. The molecule has 0 aliphatic heterocycles. The van der Waals surface area contributed by atoms with Crippen LogP contribution in [-0.2, 0) is 0 Å². The number of nitrogens with one attached hydrogen (secondary N) is 1. The molecule has 1 aromatic heterocycles. The first-order valence-corrected chi connectivity index (χ1v) is 1.86. The molecule has 1 N–H and O–H groups in total. The van der Waals surface area contributed by atoms with E-state index in [1.165, 1.54) is 0 Å². The zero-order chi connectivity index (χ0) is 6.69. The maximum atomic E-state index is 9.62. The van der Waals surface area contributed by atoms with E-state index in [1.54, 1.807) is 5.53 Å². The molecule has 0 saturated carbocycles. The fourth-order valence-electron chi connectivity index (χ4n) is 0.262. The Morgan fingerprint density at radius 2 is 2.56 bits per heavy atom. The third kappa shape index (κ3) is 1.33. The summed E-state index contributed by atoms with van der Waals surface area (Å²) in [6.07, 6.45) is 2.06. The van der Waals surface area contributed by atoms with Gasteiger partial charge in [0.2, 0.25) is 0 Å². The second kappa shape index (κ2) is 2.03. The molecule has 0 aromatic carbocycles. The van der Waals surface area contributed by atoms with Crippen LogP contribution in [0, 0.1) is 16.4 Å². The van der Waals surface area contributed by atoms with Crippen LogP contribution in [0.3, 0.4) is 0 Å². The largest absolute Gasteiger partial charge is 0.339 e. The summed E-state index contributed by atoms with van der Waals surface area (Å²) in [5, 5.41) is 18.0. The summed E-state index contributed by atoms with van der Waals surface area (Å²) in [7, 11) is 0. The van der Waals surface area contributed by atoms with Crippen molar-refractivity contribution in [3.8, 4) is 0 Å². The van der Waals surface area contributed by atoms with Crippen LogP contribution in [0.5, 0.6) is 0 Å². The number of tetrazole rings is 1. The quantitative estimate of drug-likeness (QED) is 0.287. The van der Waals surface area contributed by atoms with Gasteiger partial charge in [-0.25, -0.2) is 0 Å². The van der Waals surface area contributed by atoms with Gasteiger partial charge in [-0.2, -0.15) is 4.79 Å². The molecular formula is CHN6O2-. The van der Waals surface area contributed by atoms with Crippen LogP contribution in [0.25, 0.3) is 0 Å². The maximum absolute atomic E-state index is 9.62. The van der Waals surface area contributed by atoms with Crippen molar-refractivity contribution in [1.82, 2.24) is 20.3 Å². The Morgan fingerprint density at radius 3 is 3.00 bits per heavy atom. The third-order valence-electron chi connectivity index (χ3n) is 0.490. The van der Waals surface area contributed by atoms with E-state index < -0.39 is 5.03 Å². The van der Waals surface area contributed by atoms with Gasteiger partial charge in [-0.3, -0.25) is 0 Å². The smallest absolute Gasteiger partial charge is 0.0484 e. The van der Waals surface area contributed by atoms with E-state index in [0.29, 0.717) is 4.79 Å². The molecule has 8 nitrogen and oxygen atoms in total. The van der Waals surface area contributed by atoms with E-state index in [-0.39, 0.29) is 0 Å². The Bertz CT molecular complexity index is 191. The molecule has 0 saturated heterocycles. The first kappa shape index (κ1) is 5.41. The lowest BCUT2D eigenvalue weighted by Crippen LogP contribution is -2.21. The van der Waals surface area contributed by atoms with E-state index in [2.05, 4.69) is 21.9 Å². The molecule has 0 radical (unpaired) electrons. The number of aromatic nitrogens is 4. The van der Waals surface area contributed by atoms with Crippen molar-refractivity contribution >= 4 is 0 Å². The lowest BCUT2D eigenvalue weighted by Gasteiger charge is -1.97. The number of hydrogen-bond donors (Lipinski definition) is 1. The standard InChI is InChI=1S/CHN6O2/c8-7(9)5-6-1-2-3-4-6/h5H/q-1. The fourth-order valence-corrected chi connectivity index (χ4v) is 0.262. The van der Waals surface area contributed by atoms with E-state index in [9.17, 15) is 10.1 Å². The molecule has 0 bridgehead atoms. The van der Waals surface area contributed by atoms with Crippen LogP contribution in [0.15, 0.2) is 0 Å². The van der Waals surface area contributed by atoms with Gasteiger partial charge in [0.15, 0.2) is 0 Å². The van der Waals surface area contributed by atoms with E-state index in [4.69, 9.17) is 0 Å². The lowest BCUT2D eigenvalue weighted by molar-refractivity contribution is -0.463. The predicted octanol–water partition coefficient (Wildman–Crippen LogP) is -1.79. The first-order chi connectivity index (χ1) is 4.29. The molecule has 0 aliphatic carbocycles. The fraction of sp³-hybridized carbons (Fsp3) is 0. The van der Waals surface area contributed by atoms with Crippen LogP contribution in [-0.4, -0.2) is 25.3 Å². The van der Waals surface area contributed by atoms with Crippen molar-refractivity contribution in [3.05, 3.63) is 16.4 Å². The Balaban J connectivity index is 2.58. The summed E-state index contributed by atoms with van der Waals surface area (Å²) in [6, 6.07) is 0. The van der Waals surface area contributed by atoms with Crippen LogP contribution in [0.2, 0.25) is 0 Å². The van der Waals surface area contributed by atoms with Crippen molar-refractivity contribution in [1.29, 1.82) is 0 Å². The zero-order valence-electron chi connectivity index (χ0n) is 4.05. The van der Waals surface area contributed by atoms with Crippen molar-refractivity contribution in [2.75, 3.05) is 5.53 Å². The number of hydrazine groups is 1. The highest BCUT2D eigenvalue weighted by atomic mass is 16.7. The van der Waals surface area contributed by atoms with Gasteiger partial charge in [0.05, 0.1) is 0 Å². The van der Waals surface area contributed by atoms with Crippen LogP contribution >= 0.6 is 0 Å². The second-order valence-electron chi connectivity index (χ2n) is 1.05. The SMILES string of the molecule is O=[N+]([O-])Nn1[c-]nnn1. The molecule has 0 fully saturated rings. The van der Waals surface area contributed by atoms with Gasteiger partial charge >= 0.3 is 0 Å². The van der Waals surface area contributed by atoms with Crippen LogP contribution < -0.4 is 5.53 Å². The average Bonchev–Trinajstić information content (AvgIpc) is 2.15. The van der Waals surface area contributed by atoms with E-state index in [0.717, 1.165) is 0 Å². The van der Waals surface area contributed by atoms with Crippen molar-refractivity contribution in [2.24, 2.45) is 0 Å². The third-order valence-corrected chi connectivity index (χ3v) is 0.490. The topological polar surface area (TPSA) is 98.8 Å². The van der Waals surface area contributed by atoms with Gasteiger partial charge in [-0.1, -0.05) is 11.9 Å². The average molecular weight is 129 g/mol. The Hall–Kier alpha value is -1.73. The van der Waals surface area contributed by atoms with Crippen LogP contribution in [0.4, 0.5) is 0 Å². The number of rotatable bonds is 2. The summed E-state index contributed by atoms with van der Waals surface area (Å²) in [6.45, 7) is 0. The second-order valence-corrected chi connectivity index (χ2v) is 1.05. The normalized spacial score (nSPS) is 8.89. The molecule has 8 heteroatoms. The van der Waals surface area contributed by atoms with Crippen LogP contribution in [0.1, 0.15) is 0 Å². The minimum Gasteiger partial charge on any atom is -0.339 e. The summed E-state index contributed by atoms with van der Waals surface area (Å²) >= 11 is 0. The summed E-state index contributed by atoms with van der Waals surface area (Å²) in [5.74, 6) is 0. The Morgan fingerprint density at radius 1 is 1.78 bits per heavy atom. The molecule has 1 heterocycles. The summed E-state index contributed by atoms with van der Waals surface area (Å²) < 4.78 is 0. The molecule has 0 atom stereocenters. The number of nitro groups is 1. The van der Waals surface area contributed by atoms with Gasteiger partial charge < -0.3 is 15.2 Å². The molecule has 48 valence electrons. The number of hydrogen-bond acceptors (Lipinski definition) is 5. The summed E-state index contributed by atoms with van der Waals surface area (Å²) in [4.78, 5) is 10.3. The van der Waals surface area contributed by atoms with Gasteiger partial charge in [-0.05, 0) is 5.21 Å². The maximum Gasteiger partial charge on any atom is 0.0484 e. The first-order valence-electron chi connectivity index (χ1n) is 1.86. The van der Waals surface area contributed by atoms with Gasteiger partial charge in [-0.15, -0.1) is 0 Å². The highest BCUT2D eigenvalue weighted by molar-refractivity contribution is 4.43. The molecule has 9 heavy (non-hydrogen) atoms. The monoisotopic (exact) mass is 129 g/mol. The van der Waals surface area contributed by atoms with Crippen molar-refractivity contribution in [2.45, 2.75) is 0 Å². The zero-order valence-corrected chi connectivity index (χ0v) is 4.05. The molecule has 1 rings (SSSR count). The van der Waals surface area contributed by atoms with Crippen molar-refractivity contribution < 1.29 is 5.03 Å².